The van der Waals surface area contributed by atoms with Crippen molar-refractivity contribution in [1.29, 1.82) is 0 Å². The van der Waals surface area contributed by atoms with E-state index in [-0.39, 0.29) is 5.41 Å². The molecule has 1 nitrogen and oxygen atoms in total. The summed E-state index contributed by atoms with van der Waals surface area (Å²) in [6.07, 6.45) is 7.02. The standard InChI is InChI=1S/C8H15N/c1-4-6-8(3,5-2)7-9/h1H,5-7,9H2,2-3H3. The Bertz CT molecular complexity index is 106. The van der Waals surface area contributed by atoms with E-state index in [0.717, 1.165) is 12.8 Å². The van der Waals surface area contributed by atoms with Crippen LogP contribution in [0.4, 0.5) is 0 Å². The maximum Gasteiger partial charge on any atom is 0.0152 e. The van der Waals surface area contributed by atoms with E-state index < -0.39 is 0 Å². The maximum absolute atomic E-state index is 5.51. The lowest BCUT2D eigenvalue weighted by Gasteiger charge is -2.22. The Morgan fingerprint density at radius 3 is 2.33 bits per heavy atom. The molecule has 0 saturated heterocycles. The average Bonchev–Trinajstić information content (AvgIpc) is 1.89. The van der Waals surface area contributed by atoms with Gasteiger partial charge in [0.1, 0.15) is 0 Å². The molecule has 0 saturated carbocycles. The highest BCUT2D eigenvalue weighted by Gasteiger charge is 2.17. The molecule has 0 radical (unpaired) electrons. The second-order valence-electron chi connectivity index (χ2n) is 2.75. The third-order valence-corrected chi connectivity index (χ3v) is 1.88. The van der Waals surface area contributed by atoms with Crippen molar-refractivity contribution in [3.05, 3.63) is 0 Å². The van der Waals surface area contributed by atoms with Gasteiger partial charge >= 0.3 is 0 Å². The summed E-state index contributed by atoms with van der Waals surface area (Å²) in [5.41, 5.74) is 5.68. The summed E-state index contributed by atoms with van der Waals surface area (Å²) < 4.78 is 0. The molecule has 0 bridgehead atoms. The quantitative estimate of drug-likeness (QED) is 0.567. The van der Waals surface area contributed by atoms with Crippen LogP contribution in [0.3, 0.4) is 0 Å². The van der Waals surface area contributed by atoms with Crippen LogP contribution < -0.4 is 5.73 Å². The summed E-state index contributed by atoms with van der Waals surface area (Å²) in [6.45, 7) is 4.92. The van der Waals surface area contributed by atoms with Crippen LogP contribution in [-0.2, 0) is 0 Å². The SMILES string of the molecule is C#CCC(C)(CC)CN. The second kappa shape index (κ2) is 3.53. The number of terminal acetylenes is 1. The van der Waals surface area contributed by atoms with Gasteiger partial charge in [0.25, 0.3) is 0 Å². The first-order valence-electron chi connectivity index (χ1n) is 3.32. The zero-order chi connectivity index (χ0) is 7.33. The fourth-order valence-electron chi connectivity index (χ4n) is 0.588. The zero-order valence-electron chi connectivity index (χ0n) is 6.28. The van der Waals surface area contributed by atoms with Crippen LogP contribution in [0.2, 0.25) is 0 Å². The molecule has 9 heavy (non-hydrogen) atoms. The highest BCUT2D eigenvalue weighted by molar-refractivity contribution is 4.92. The second-order valence-corrected chi connectivity index (χ2v) is 2.75. The first-order chi connectivity index (χ1) is 4.18. The lowest BCUT2D eigenvalue weighted by molar-refractivity contribution is 0.333. The van der Waals surface area contributed by atoms with Gasteiger partial charge in [-0.1, -0.05) is 13.8 Å². The van der Waals surface area contributed by atoms with Crippen LogP contribution in [0.5, 0.6) is 0 Å². The van der Waals surface area contributed by atoms with Crippen molar-refractivity contribution in [3.8, 4) is 12.3 Å². The predicted octanol–water partition coefficient (Wildman–Crippen LogP) is 1.38. The van der Waals surface area contributed by atoms with Crippen molar-refractivity contribution in [1.82, 2.24) is 0 Å². The largest absolute Gasteiger partial charge is 0.330 e. The molecule has 0 rings (SSSR count). The van der Waals surface area contributed by atoms with Crippen LogP contribution >= 0.6 is 0 Å². The summed E-state index contributed by atoms with van der Waals surface area (Å²) >= 11 is 0. The molecule has 52 valence electrons. The van der Waals surface area contributed by atoms with Crippen molar-refractivity contribution in [3.63, 3.8) is 0 Å². The molecule has 0 spiro atoms. The Labute approximate surface area is 57.6 Å². The molecular weight excluding hydrogens is 110 g/mol. The Hall–Kier alpha value is -0.480. The predicted molar refractivity (Wildman–Crippen MR) is 40.9 cm³/mol. The van der Waals surface area contributed by atoms with E-state index in [0.29, 0.717) is 6.54 Å². The molecule has 0 fully saturated rings. The molecule has 0 aromatic rings. The third-order valence-electron chi connectivity index (χ3n) is 1.88. The fraction of sp³-hybridized carbons (Fsp3) is 0.750. The summed E-state index contributed by atoms with van der Waals surface area (Å²) in [7, 11) is 0. The minimum atomic E-state index is 0.175. The first kappa shape index (κ1) is 8.52. The minimum Gasteiger partial charge on any atom is -0.330 e. The van der Waals surface area contributed by atoms with Gasteiger partial charge < -0.3 is 5.73 Å². The molecule has 0 aliphatic heterocycles. The van der Waals surface area contributed by atoms with E-state index in [9.17, 15) is 0 Å². The fourth-order valence-corrected chi connectivity index (χ4v) is 0.588. The molecular formula is C8H15N. The highest BCUT2D eigenvalue weighted by atomic mass is 14.6. The van der Waals surface area contributed by atoms with Crippen molar-refractivity contribution >= 4 is 0 Å². The Kier molecular flexibility index (Phi) is 3.34. The Morgan fingerprint density at radius 2 is 2.22 bits per heavy atom. The van der Waals surface area contributed by atoms with Gasteiger partial charge in [0.15, 0.2) is 0 Å². The van der Waals surface area contributed by atoms with E-state index in [2.05, 4.69) is 19.8 Å². The molecule has 0 aromatic heterocycles. The molecule has 2 N–H and O–H groups in total. The third kappa shape index (κ3) is 2.53. The van der Waals surface area contributed by atoms with Crippen LogP contribution in [0.15, 0.2) is 0 Å². The van der Waals surface area contributed by atoms with Gasteiger partial charge in [-0.05, 0) is 18.4 Å². The van der Waals surface area contributed by atoms with Gasteiger partial charge in [0.05, 0.1) is 0 Å². The summed E-state index contributed by atoms with van der Waals surface area (Å²) in [6, 6.07) is 0. The van der Waals surface area contributed by atoms with Crippen molar-refractivity contribution in [2.24, 2.45) is 11.1 Å². The van der Waals surface area contributed by atoms with Crippen molar-refractivity contribution in [2.75, 3.05) is 6.54 Å². The number of hydrogen-bond acceptors (Lipinski definition) is 1. The van der Waals surface area contributed by atoms with Gasteiger partial charge in [0.2, 0.25) is 0 Å². The zero-order valence-corrected chi connectivity index (χ0v) is 6.28. The lowest BCUT2D eigenvalue weighted by atomic mass is 9.85. The summed E-state index contributed by atoms with van der Waals surface area (Å²) in [5, 5.41) is 0. The Balaban J connectivity index is 3.80. The van der Waals surface area contributed by atoms with Crippen LogP contribution in [-0.4, -0.2) is 6.54 Å². The number of rotatable bonds is 3. The van der Waals surface area contributed by atoms with E-state index in [1.165, 1.54) is 0 Å². The molecule has 1 atom stereocenters. The maximum atomic E-state index is 5.51. The highest BCUT2D eigenvalue weighted by Crippen LogP contribution is 2.22. The van der Waals surface area contributed by atoms with E-state index in [4.69, 9.17) is 12.2 Å². The molecule has 0 aromatic carbocycles. The van der Waals surface area contributed by atoms with Crippen LogP contribution in [0.25, 0.3) is 0 Å². The first-order valence-corrected chi connectivity index (χ1v) is 3.32. The molecule has 1 heteroatoms. The monoisotopic (exact) mass is 125 g/mol. The van der Waals surface area contributed by atoms with Gasteiger partial charge in [-0.2, -0.15) is 0 Å². The van der Waals surface area contributed by atoms with Gasteiger partial charge in [-0.3, -0.25) is 0 Å². The van der Waals surface area contributed by atoms with E-state index in [1.54, 1.807) is 0 Å². The molecule has 0 amide bonds. The molecule has 0 aliphatic rings. The molecule has 0 aliphatic carbocycles. The number of hydrogen-bond donors (Lipinski definition) is 1. The van der Waals surface area contributed by atoms with Crippen molar-refractivity contribution < 1.29 is 0 Å². The number of nitrogens with two attached hydrogens (primary N) is 1. The average molecular weight is 125 g/mol. The Morgan fingerprint density at radius 1 is 1.67 bits per heavy atom. The smallest absolute Gasteiger partial charge is 0.0152 e. The molecule has 0 heterocycles. The normalized spacial score (nSPS) is 16.2. The van der Waals surface area contributed by atoms with Crippen LogP contribution in [0, 0.1) is 17.8 Å². The van der Waals surface area contributed by atoms with Gasteiger partial charge in [0, 0.05) is 6.42 Å². The molecule has 1 unspecified atom stereocenters. The van der Waals surface area contributed by atoms with E-state index >= 15 is 0 Å². The lowest BCUT2D eigenvalue weighted by Crippen LogP contribution is -2.25. The van der Waals surface area contributed by atoms with E-state index in [1.807, 2.05) is 0 Å². The van der Waals surface area contributed by atoms with Gasteiger partial charge in [-0.15, -0.1) is 12.3 Å². The summed E-state index contributed by atoms with van der Waals surface area (Å²) in [4.78, 5) is 0. The summed E-state index contributed by atoms with van der Waals surface area (Å²) in [5.74, 6) is 2.63. The van der Waals surface area contributed by atoms with Crippen molar-refractivity contribution in [2.45, 2.75) is 26.7 Å². The topological polar surface area (TPSA) is 26.0 Å². The van der Waals surface area contributed by atoms with Crippen LogP contribution in [0.1, 0.15) is 26.7 Å². The van der Waals surface area contributed by atoms with Gasteiger partial charge in [-0.25, -0.2) is 0 Å². The minimum absolute atomic E-state index is 0.175.